The smallest absolute Gasteiger partial charge is 0.175 e. The van der Waals surface area contributed by atoms with Crippen molar-refractivity contribution in [2.24, 2.45) is 0 Å². The number of nitrogens with zero attached hydrogens (tertiary/aromatic N) is 5. The summed E-state index contributed by atoms with van der Waals surface area (Å²) in [7, 11) is 0. The van der Waals surface area contributed by atoms with Crippen molar-refractivity contribution < 1.29 is 19.7 Å². The third kappa shape index (κ3) is 4.54. The van der Waals surface area contributed by atoms with E-state index < -0.39 is 34.8 Å². The van der Waals surface area contributed by atoms with Gasteiger partial charge in [-0.1, -0.05) is 30.7 Å². The van der Waals surface area contributed by atoms with Crippen molar-refractivity contribution in [3.8, 4) is 16.5 Å². The highest BCUT2D eigenvalue weighted by Gasteiger charge is 2.54. The van der Waals surface area contributed by atoms with Crippen molar-refractivity contribution in [1.29, 1.82) is 0 Å². The fourth-order valence-corrected chi connectivity index (χ4v) is 5.41. The maximum Gasteiger partial charge on any atom is 0.175 e. The Morgan fingerprint density at radius 1 is 1.47 bits per heavy atom. The molecule has 4 rings (SSSR count). The molecule has 0 amide bonds. The van der Waals surface area contributed by atoms with Crippen molar-refractivity contribution in [2.45, 2.75) is 48.0 Å². The monoisotopic (exact) mass is 561 g/mol. The van der Waals surface area contributed by atoms with E-state index in [0.717, 1.165) is 5.69 Å². The summed E-state index contributed by atoms with van der Waals surface area (Å²) in [5.41, 5.74) is 0.427. The summed E-state index contributed by atoms with van der Waals surface area (Å²) < 4.78 is 12.1. The predicted molar refractivity (Wildman–Crippen MR) is 127 cm³/mol. The molecule has 9 nitrogen and oxygen atoms in total. The summed E-state index contributed by atoms with van der Waals surface area (Å²) >= 11 is 15.1. The third-order valence-corrected chi connectivity index (χ3v) is 7.53. The first-order valence-corrected chi connectivity index (χ1v) is 12.3. The van der Waals surface area contributed by atoms with Gasteiger partial charge in [-0.05, 0) is 34.0 Å². The second-order valence-electron chi connectivity index (χ2n) is 7.57. The van der Waals surface area contributed by atoms with Gasteiger partial charge in [-0.3, -0.25) is 4.98 Å². The van der Waals surface area contributed by atoms with Gasteiger partial charge in [0.2, 0.25) is 0 Å². The molecule has 0 aromatic carbocycles. The molecule has 0 saturated carbocycles. The Morgan fingerprint density at radius 2 is 2.25 bits per heavy atom. The van der Waals surface area contributed by atoms with Gasteiger partial charge >= 0.3 is 0 Å². The van der Waals surface area contributed by atoms with E-state index in [1.165, 1.54) is 16.0 Å². The van der Waals surface area contributed by atoms with Crippen molar-refractivity contribution in [3.63, 3.8) is 0 Å². The molecule has 3 aromatic rings. The van der Waals surface area contributed by atoms with Crippen molar-refractivity contribution in [3.05, 3.63) is 40.8 Å². The second-order valence-corrected chi connectivity index (χ2v) is 10.7. The number of aliphatic hydroxyl groups excluding tert-OH is 2. The van der Waals surface area contributed by atoms with Crippen LogP contribution < -0.4 is 4.74 Å². The number of aromatic nitrogens is 5. The minimum atomic E-state index is -1.46. The first-order chi connectivity index (χ1) is 15.2. The van der Waals surface area contributed by atoms with Crippen LogP contribution in [-0.4, -0.2) is 63.9 Å². The highest BCUT2D eigenvalue weighted by Crippen LogP contribution is 2.43. The molecule has 172 valence electrons. The molecule has 3 aromatic heterocycles. The molecule has 1 saturated heterocycles. The number of alkyl halides is 1. The molecule has 2 N–H and O–H groups in total. The fraction of sp³-hybridized carbons (Fsp3) is 0.474. The predicted octanol–water partition coefficient (Wildman–Crippen LogP) is 3.29. The first-order valence-electron chi connectivity index (χ1n) is 9.72. The summed E-state index contributed by atoms with van der Waals surface area (Å²) in [6.07, 6.45) is 1.29. The number of thiazole rings is 1. The van der Waals surface area contributed by atoms with Crippen LogP contribution in [-0.2, 0) is 4.74 Å². The maximum atomic E-state index is 11.2. The lowest BCUT2D eigenvalue weighted by atomic mass is 9.96. The number of pyridine rings is 1. The molecule has 0 unspecified atom stereocenters. The standard InChI is InChI=1S/C19H21BrClN5O4S2/c1-9(2)13-11(4-3-5-22-13)29-15-14(16(28)19(20,8-27)30-18(15)31)26-6-10(24-25-26)17-23-12(21)7-32-17/h3-7,9,14-16,18,27-28,31H,8H2,1-2H3/t14-,15-,16-,18-,19-/m1/s1. The topological polar surface area (TPSA) is 115 Å². The van der Waals surface area contributed by atoms with E-state index >= 15 is 0 Å². The Bertz CT molecular complexity index is 1090. The molecular formula is C19H21BrClN5O4S2. The Balaban J connectivity index is 1.73. The van der Waals surface area contributed by atoms with Gasteiger partial charge < -0.3 is 19.7 Å². The zero-order chi connectivity index (χ0) is 23.0. The summed E-state index contributed by atoms with van der Waals surface area (Å²) in [5.74, 6) is 0.656. The van der Waals surface area contributed by atoms with Gasteiger partial charge in [-0.2, -0.15) is 0 Å². The molecule has 0 bridgehead atoms. The van der Waals surface area contributed by atoms with Gasteiger partial charge in [0.05, 0.1) is 18.5 Å². The van der Waals surface area contributed by atoms with Crippen molar-refractivity contribution in [2.75, 3.05) is 6.61 Å². The molecule has 0 radical (unpaired) electrons. The number of rotatable bonds is 6. The number of ether oxygens (including phenoxy) is 2. The summed E-state index contributed by atoms with van der Waals surface area (Å²) in [6, 6.07) is 2.76. The number of aliphatic hydroxyl groups is 2. The van der Waals surface area contributed by atoms with Crippen LogP contribution in [0.25, 0.3) is 10.7 Å². The molecular weight excluding hydrogens is 542 g/mol. The van der Waals surface area contributed by atoms with Gasteiger partial charge in [0.25, 0.3) is 0 Å². The van der Waals surface area contributed by atoms with E-state index in [-0.39, 0.29) is 5.92 Å². The Hall–Kier alpha value is -1.28. The van der Waals surface area contributed by atoms with Crippen molar-refractivity contribution in [1.82, 2.24) is 25.0 Å². The van der Waals surface area contributed by atoms with E-state index in [1.54, 1.807) is 29.9 Å². The molecule has 5 atom stereocenters. The number of hydrogen-bond donors (Lipinski definition) is 3. The van der Waals surface area contributed by atoms with Crippen LogP contribution in [0.2, 0.25) is 5.15 Å². The second kappa shape index (κ2) is 9.53. The van der Waals surface area contributed by atoms with E-state index in [4.69, 9.17) is 21.1 Å². The average molecular weight is 563 g/mol. The van der Waals surface area contributed by atoms with Crippen LogP contribution >= 0.6 is 51.5 Å². The molecule has 13 heteroatoms. The van der Waals surface area contributed by atoms with E-state index in [1.807, 2.05) is 13.8 Å². The lowest BCUT2D eigenvalue weighted by molar-refractivity contribution is -0.185. The third-order valence-electron chi connectivity index (χ3n) is 5.04. The van der Waals surface area contributed by atoms with Gasteiger partial charge in [0.1, 0.15) is 39.2 Å². The normalized spacial score (nSPS) is 28.2. The molecule has 1 aliphatic heterocycles. The molecule has 1 fully saturated rings. The van der Waals surface area contributed by atoms with Gasteiger partial charge in [0, 0.05) is 11.6 Å². The molecule has 32 heavy (non-hydrogen) atoms. The molecule has 0 aliphatic carbocycles. The molecule has 1 aliphatic rings. The first kappa shape index (κ1) is 23.9. The van der Waals surface area contributed by atoms with E-state index in [0.29, 0.717) is 21.6 Å². The van der Waals surface area contributed by atoms with Crippen LogP contribution in [0.1, 0.15) is 31.5 Å². The Morgan fingerprint density at radius 3 is 2.91 bits per heavy atom. The highest BCUT2D eigenvalue weighted by molar-refractivity contribution is 9.10. The molecule has 4 heterocycles. The van der Waals surface area contributed by atoms with Crippen LogP contribution in [0.5, 0.6) is 5.75 Å². The number of hydrogen-bond acceptors (Lipinski definition) is 10. The van der Waals surface area contributed by atoms with Crippen LogP contribution in [0.4, 0.5) is 0 Å². The number of halogens is 2. The summed E-state index contributed by atoms with van der Waals surface area (Å²) in [4.78, 5) is 8.63. The molecule has 0 spiro atoms. The number of thiol groups is 1. The minimum Gasteiger partial charge on any atom is -0.483 e. The Labute approximate surface area is 207 Å². The zero-order valence-corrected chi connectivity index (χ0v) is 21.1. The van der Waals surface area contributed by atoms with Crippen LogP contribution in [0.3, 0.4) is 0 Å². The van der Waals surface area contributed by atoms with Gasteiger partial charge in [0.15, 0.2) is 10.6 Å². The summed E-state index contributed by atoms with van der Waals surface area (Å²) in [6.45, 7) is 3.52. The fourth-order valence-electron chi connectivity index (χ4n) is 3.47. The largest absolute Gasteiger partial charge is 0.483 e. The van der Waals surface area contributed by atoms with Gasteiger partial charge in [-0.25, -0.2) is 9.67 Å². The lowest BCUT2D eigenvalue weighted by Crippen LogP contribution is -2.61. The van der Waals surface area contributed by atoms with Crippen LogP contribution in [0, 0.1) is 0 Å². The quantitative estimate of drug-likeness (QED) is 0.310. The average Bonchev–Trinajstić information content (AvgIpc) is 3.41. The SMILES string of the molecule is CC(C)c1ncccc1O[C@@H]1[C@@H](n2cc(-c3nc(Cl)cs3)nn2)[C@@H](O)[C@@](Br)(CO)O[C@@H]1S. The van der Waals surface area contributed by atoms with Crippen molar-refractivity contribution >= 4 is 51.5 Å². The maximum absolute atomic E-state index is 11.2. The summed E-state index contributed by atoms with van der Waals surface area (Å²) in [5, 5.41) is 32.1. The zero-order valence-electron chi connectivity index (χ0n) is 17.0. The van der Waals surface area contributed by atoms with E-state index in [2.05, 4.69) is 48.8 Å². The minimum absolute atomic E-state index is 0.109. The Kier molecular flexibility index (Phi) is 7.11. The van der Waals surface area contributed by atoms with E-state index in [9.17, 15) is 10.2 Å². The lowest BCUT2D eigenvalue weighted by Gasteiger charge is -2.46. The highest BCUT2D eigenvalue weighted by atomic mass is 79.9. The van der Waals surface area contributed by atoms with Gasteiger partial charge in [-0.15, -0.1) is 29.1 Å². The van der Waals surface area contributed by atoms with Crippen LogP contribution in [0.15, 0.2) is 29.9 Å².